The molecule has 0 atom stereocenters. The second-order valence-electron chi connectivity index (χ2n) is 6.19. The minimum Gasteiger partial charge on any atom is -0.345 e. The van der Waals surface area contributed by atoms with Crippen LogP contribution in [0.2, 0.25) is 0 Å². The van der Waals surface area contributed by atoms with Crippen molar-refractivity contribution < 1.29 is 0 Å². The van der Waals surface area contributed by atoms with Crippen LogP contribution in [0.25, 0.3) is 11.2 Å². The third-order valence-electron chi connectivity index (χ3n) is 3.66. The van der Waals surface area contributed by atoms with Gasteiger partial charge in [-0.2, -0.15) is 4.98 Å². The van der Waals surface area contributed by atoms with Crippen LogP contribution in [0.5, 0.6) is 0 Å². The predicted octanol–water partition coefficient (Wildman–Crippen LogP) is -0.619. The van der Waals surface area contributed by atoms with Crippen LogP contribution in [-0.2, 0) is 14.1 Å². The van der Waals surface area contributed by atoms with E-state index in [9.17, 15) is 9.59 Å². The molecule has 2 aromatic rings. The highest BCUT2D eigenvalue weighted by Crippen LogP contribution is 2.19. The molecular formula is C13H22N6O2. The molecule has 0 aliphatic rings. The zero-order valence-electron chi connectivity index (χ0n) is 13.1. The fourth-order valence-corrected chi connectivity index (χ4v) is 2.28. The molecule has 0 amide bonds. The highest BCUT2D eigenvalue weighted by Gasteiger charge is 2.21. The highest BCUT2D eigenvalue weighted by molar-refractivity contribution is 5.72. The Kier molecular flexibility index (Phi) is 3.66. The molecule has 0 spiro atoms. The van der Waals surface area contributed by atoms with E-state index in [2.05, 4.69) is 23.8 Å². The summed E-state index contributed by atoms with van der Waals surface area (Å²) in [5, 5.41) is 0. The van der Waals surface area contributed by atoms with Gasteiger partial charge in [0.15, 0.2) is 11.2 Å². The van der Waals surface area contributed by atoms with Crippen LogP contribution >= 0.6 is 0 Å². The second-order valence-corrected chi connectivity index (χ2v) is 6.19. The van der Waals surface area contributed by atoms with Gasteiger partial charge in [-0.15, -0.1) is 0 Å². The molecule has 0 bridgehead atoms. The molecule has 0 fully saturated rings. The second kappa shape index (κ2) is 5.03. The number of anilines is 1. The van der Waals surface area contributed by atoms with Crippen LogP contribution in [0.4, 0.5) is 5.95 Å². The molecular weight excluding hydrogens is 272 g/mol. The third-order valence-corrected chi connectivity index (χ3v) is 3.66. The standard InChI is InChI=1S/C13H22N6O2/c1-13(2,6-14)7-17(3)11-15-8-9(16-11)18(4)12(21)19(5)10(8)20/h6-7,14H2,1-5H3,(H,15,16). The van der Waals surface area contributed by atoms with Gasteiger partial charge in [0.2, 0.25) is 5.95 Å². The number of rotatable bonds is 4. The molecule has 8 nitrogen and oxygen atoms in total. The van der Waals surface area contributed by atoms with E-state index < -0.39 is 5.69 Å². The first kappa shape index (κ1) is 15.3. The first-order valence-electron chi connectivity index (χ1n) is 6.75. The quantitative estimate of drug-likeness (QED) is 0.782. The molecule has 2 aromatic heterocycles. The van der Waals surface area contributed by atoms with Gasteiger partial charge in [0, 0.05) is 27.7 Å². The third kappa shape index (κ3) is 2.58. The summed E-state index contributed by atoms with van der Waals surface area (Å²) in [7, 11) is 4.92. The van der Waals surface area contributed by atoms with E-state index in [1.165, 1.54) is 11.6 Å². The summed E-state index contributed by atoms with van der Waals surface area (Å²) in [5.41, 5.74) is 5.57. The van der Waals surface area contributed by atoms with Crippen molar-refractivity contribution in [3.05, 3.63) is 20.8 Å². The van der Waals surface area contributed by atoms with Crippen LogP contribution in [0.1, 0.15) is 13.8 Å². The van der Waals surface area contributed by atoms with Crippen LogP contribution in [-0.4, -0.2) is 39.2 Å². The number of fused-ring (bicyclic) bond motifs is 1. The van der Waals surface area contributed by atoms with Gasteiger partial charge in [0.05, 0.1) is 0 Å². The summed E-state index contributed by atoms with van der Waals surface area (Å²) < 4.78 is 2.42. The van der Waals surface area contributed by atoms with Crippen LogP contribution in [0, 0.1) is 5.41 Å². The first-order valence-corrected chi connectivity index (χ1v) is 6.75. The molecule has 2 heterocycles. The van der Waals surface area contributed by atoms with Crippen molar-refractivity contribution >= 4 is 17.1 Å². The average Bonchev–Trinajstić information content (AvgIpc) is 2.88. The van der Waals surface area contributed by atoms with E-state index in [1.807, 2.05) is 11.9 Å². The summed E-state index contributed by atoms with van der Waals surface area (Å²) in [6.07, 6.45) is 0. The number of H-pyrrole nitrogens is 1. The summed E-state index contributed by atoms with van der Waals surface area (Å²) >= 11 is 0. The Morgan fingerprint density at radius 3 is 2.48 bits per heavy atom. The molecule has 0 aliphatic carbocycles. The topological polar surface area (TPSA) is 102 Å². The number of aromatic nitrogens is 4. The van der Waals surface area contributed by atoms with Crippen molar-refractivity contribution in [2.24, 2.45) is 25.2 Å². The molecule has 0 radical (unpaired) electrons. The van der Waals surface area contributed by atoms with E-state index in [4.69, 9.17) is 5.73 Å². The number of nitrogens with zero attached hydrogens (tertiary/aromatic N) is 4. The molecule has 0 saturated heterocycles. The first-order chi connectivity index (χ1) is 9.68. The lowest BCUT2D eigenvalue weighted by atomic mass is 9.93. The summed E-state index contributed by atoms with van der Waals surface area (Å²) in [4.78, 5) is 33.3. The normalized spacial score (nSPS) is 12.1. The average molecular weight is 294 g/mol. The number of aryl methyl sites for hydroxylation is 1. The van der Waals surface area contributed by atoms with Crippen molar-refractivity contribution in [3.8, 4) is 0 Å². The van der Waals surface area contributed by atoms with E-state index in [0.717, 1.165) is 4.57 Å². The lowest BCUT2D eigenvalue weighted by Gasteiger charge is -2.28. The zero-order chi connectivity index (χ0) is 15.9. The maximum absolute atomic E-state index is 12.1. The Balaban J connectivity index is 2.54. The van der Waals surface area contributed by atoms with E-state index in [0.29, 0.717) is 30.2 Å². The van der Waals surface area contributed by atoms with Gasteiger partial charge < -0.3 is 15.6 Å². The van der Waals surface area contributed by atoms with E-state index >= 15 is 0 Å². The maximum Gasteiger partial charge on any atom is 0.332 e. The number of imidazole rings is 1. The maximum atomic E-state index is 12.1. The number of nitrogens with one attached hydrogen (secondary N) is 1. The van der Waals surface area contributed by atoms with Crippen LogP contribution < -0.4 is 21.9 Å². The Morgan fingerprint density at radius 1 is 1.29 bits per heavy atom. The lowest BCUT2D eigenvalue weighted by Crippen LogP contribution is -2.37. The molecule has 0 aliphatic heterocycles. The molecule has 2 rings (SSSR count). The fourth-order valence-electron chi connectivity index (χ4n) is 2.28. The summed E-state index contributed by atoms with van der Waals surface area (Å²) in [6.45, 7) is 5.33. The van der Waals surface area contributed by atoms with E-state index in [-0.39, 0.29) is 11.0 Å². The van der Waals surface area contributed by atoms with Gasteiger partial charge >= 0.3 is 5.69 Å². The number of aromatic amines is 1. The van der Waals surface area contributed by atoms with Gasteiger partial charge in [-0.1, -0.05) is 13.8 Å². The molecule has 0 unspecified atom stereocenters. The zero-order valence-corrected chi connectivity index (χ0v) is 13.1. The van der Waals surface area contributed by atoms with Crippen LogP contribution in [0.15, 0.2) is 9.59 Å². The van der Waals surface area contributed by atoms with Crippen molar-refractivity contribution in [2.75, 3.05) is 25.0 Å². The summed E-state index contributed by atoms with van der Waals surface area (Å²) in [5.74, 6) is 0.546. The lowest BCUT2D eigenvalue weighted by molar-refractivity contribution is 0.383. The van der Waals surface area contributed by atoms with Gasteiger partial charge in [-0.05, 0) is 12.0 Å². The minimum absolute atomic E-state index is 0.0788. The van der Waals surface area contributed by atoms with Crippen molar-refractivity contribution in [1.82, 2.24) is 19.1 Å². The van der Waals surface area contributed by atoms with Crippen LogP contribution in [0.3, 0.4) is 0 Å². The Morgan fingerprint density at radius 2 is 1.90 bits per heavy atom. The van der Waals surface area contributed by atoms with Crippen molar-refractivity contribution in [2.45, 2.75) is 13.8 Å². The predicted molar refractivity (Wildman–Crippen MR) is 82.7 cm³/mol. The molecule has 3 N–H and O–H groups in total. The Hall–Kier alpha value is -2.09. The SMILES string of the molecule is CN(CC(C)(C)CN)c1nc2c([nH]1)c(=O)n(C)c(=O)n2C. The van der Waals surface area contributed by atoms with Gasteiger partial charge in [-0.3, -0.25) is 13.9 Å². The monoisotopic (exact) mass is 294 g/mol. The van der Waals surface area contributed by atoms with Crippen molar-refractivity contribution in [1.29, 1.82) is 0 Å². The molecule has 0 saturated carbocycles. The largest absolute Gasteiger partial charge is 0.345 e. The Bertz CT molecular complexity index is 782. The van der Waals surface area contributed by atoms with Gasteiger partial charge in [-0.25, -0.2) is 4.79 Å². The summed E-state index contributed by atoms with van der Waals surface area (Å²) in [6, 6.07) is 0. The number of hydrogen-bond donors (Lipinski definition) is 2. The molecule has 21 heavy (non-hydrogen) atoms. The fraction of sp³-hybridized carbons (Fsp3) is 0.615. The molecule has 8 heteroatoms. The van der Waals surface area contributed by atoms with Crippen molar-refractivity contribution in [3.63, 3.8) is 0 Å². The number of hydrogen-bond acceptors (Lipinski definition) is 5. The number of nitrogens with two attached hydrogens (primary N) is 1. The minimum atomic E-state index is -0.393. The van der Waals surface area contributed by atoms with E-state index in [1.54, 1.807) is 7.05 Å². The smallest absolute Gasteiger partial charge is 0.332 e. The highest BCUT2D eigenvalue weighted by atomic mass is 16.2. The molecule has 116 valence electrons. The molecule has 0 aromatic carbocycles. The van der Waals surface area contributed by atoms with Gasteiger partial charge in [0.25, 0.3) is 5.56 Å². The Labute approximate surface area is 122 Å². The van der Waals surface area contributed by atoms with Gasteiger partial charge in [0.1, 0.15) is 0 Å².